The van der Waals surface area contributed by atoms with E-state index >= 15 is 0 Å². The third-order valence-electron chi connectivity index (χ3n) is 3.77. The first kappa shape index (κ1) is 19.1. The molecule has 0 atom stereocenters. The summed E-state index contributed by atoms with van der Waals surface area (Å²) in [4.78, 5) is 28.5. The van der Waals surface area contributed by atoms with E-state index in [1.54, 1.807) is 29.6 Å². The Bertz CT molecular complexity index is 928. The van der Waals surface area contributed by atoms with Gasteiger partial charge in [-0.25, -0.2) is 4.98 Å². The lowest BCUT2D eigenvalue weighted by Gasteiger charge is -2.05. The second-order valence-corrected chi connectivity index (χ2v) is 7.17. The van der Waals surface area contributed by atoms with Crippen molar-refractivity contribution in [1.29, 1.82) is 0 Å². The van der Waals surface area contributed by atoms with Crippen molar-refractivity contribution in [3.05, 3.63) is 81.8 Å². The van der Waals surface area contributed by atoms with E-state index in [0.717, 1.165) is 5.56 Å². The Kier molecular flexibility index (Phi) is 6.57. The highest BCUT2D eigenvalue weighted by Gasteiger charge is 2.11. The Morgan fingerprint density at radius 3 is 2.67 bits per heavy atom. The molecular formula is C20H18ClN3O2S. The molecule has 3 rings (SSSR count). The van der Waals surface area contributed by atoms with Gasteiger partial charge in [-0.15, -0.1) is 11.3 Å². The van der Waals surface area contributed by atoms with Gasteiger partial charge in [0.25, 0.3) is 5.91 Å². The molecule has 0 unspecified atom stereocenters. The number of thiazole rings is 1. The molecule has 0 radical (unpaired) electrons. The summed E-state index contributed by atoms with van der Waals surface area (Å²) in [5.41, 5.74) is 2.26. The molecule has 138 valence electrons. The number of anilines is 1. The van der Waals surface area contributed by atoms with Crippen LogP contribution in [-0.4, -0.2) is 23.3 Å². The van der Waals surface area contributed by atoms with Gasteiger partial charge in [-0.1, -0.05) is 41.9 Å². The Balaban J connectivity index is 1.45. The maximum Gasteiger partial charge on any atom is 0.257 e. The van der Waals surface area contributed by atoms with Gasteiger partial charge in [0.2, 0.25) is 5.91 Å². The van der Waals surface area contributed by atoms with Gasteiger partial charge in [-0.2, -0.15) is 0 Å². The number of carbonyl (C=O) groups excluding carboxylic acids is 2. The van der Waals surface area contributed by atoms with Crippen LogP contribution in [-0.2, 0) is 17.6 Å². The van der Waals surface area contributed by atoms with Gasteiger partial charge in [0.05, 0.1) is 12.1 Å². The maximum atomic E-state index is 12.1. The van der Waals surface area contributed by atoms with Crippen LogP contribution >= 0.6 is 22.9 Å². The first-order valence-electron chi connectivity index (χ1n) is 8.42. The number of nitrogens with one attached hydrogen (secondary N) is 2. The molecule has 2 aromatic carbocycles. The number of nitrogens with zero attached hydrogens (tertiary/aromatic N) is 1. The van der Waals surface area contributed by atoms with Gasteiger partial charge >= 0.3 is 0 Å². The molecule has 0 aliphatic carbocycles. The molecule has 0 aliphatic heterocycles. The fourth-order valence-corrected chi connectivity index (χ4v) is 3.39. The summed E-state index contributed by atoms with van der Waals surface area (Å²) in [6.07, 6.45) is 0.884. The topological polar surface area (TPSA) is 71.1 Å². The first-order chi connectivity index (χ1) is 13.1. The molecule has 0 aliphatic rings. The average Bonchev–Trinajstić information content (AvgIpc) is 3.09. The molecule has 2 N–H and O–H groups in total. The summed E-state index contributed by atoms with van der Waals surface area (Å²) >= 11 is 7.25. The van der Waals surface area contributed by atoms with Gasteiger partial charge in [-0.05, 0) is 36.2 Å². The summed E-state index contributed by atoms with van der Waals surface area (Å²) in [7, 11) is 0. The minimum Gasteiger partial charge on any atom is -0.355 e. The molecule has 0 saturated carbocycles. The van der Waals surface area contributed by atoms with Crippen molar-refractivity contribution in [2.24, 2.45) is 0 Å². The minimum atomic E-state index is -0.220. The molecule has 3 aromatic rings. The average molecular weight is 400 g/mol. The van der Waals surface area contributed by atoms with E-state index in [1.165, 1.54) is 11.3 Å². The van der Waals surface area contributed by atoms with Crippen molar-refractivity contribution in [2.75, 3.05) is 11.9 Å². The lowest BCUT2D eigenvalue weighted by Crippen LogP contribution is -2.27. The second-order valence-electron chi connectivity index (χ2n) is 5.87. The third kappa shape index (κ3) is 5.91. The van der Waals surface area contributed by atoms with Gasteiger partial charge in [0, 0.05) is 22.5 Å². The largest absolute Gasteiger partial charge is 0.355 e. The monoisotopic (exact) mass is 399 g/mol. The highest BCUT2D eigenvalue weighted by atomic mass is 35.5. The molecule has 1 heterocycles. The molecular weight excluding hydrogens is 382 g/mol. The van der Waals surface area contributed by atoms with Crippen LogP contribution in [0.3, 0.4) is 0 Å². The highest BCUT2D eigenvalue weighted by molar-refractivity contribution is 7.14. The molecule has 2 amide bonds. The van der Waals surface area contributed by atoms with Crippen LogP contribution in [0.15, 0.2) is 60.0 Å². The number of carbonyl (C=O) groups is 2. The number of rotatable bonds is 7. The van der Waals surface area contributed by atoms with E-state index in [9.17, 15) is 9.59 Å². The van der Waals surface area contributed by atoms with Gasteiger partial charge < -0.3 is 5.32 Å². The van der Waals surface area contributed by atoms with Crippen molar-refractivity contribution in [2.45, 2.75) is 12.8 Å². The van der Waals surface area contributed by atoms with Crippen LogP contribution in [0.2, 0.25) is 5.02 Å². The van der Waals surface area contributed by atoms with Gasteiger partial charge in [0.15, 0.2) is 5.13 Å². The number of benzene rings is 2. The van der Waals surface area contributed by atoms with Crippen LogP contribution in [0.4, 0.5) is 5.13 Å². The van der Waals surface area contributed by atoms with Crippen molar-refractivity contribution >= 4 is 39.9 Å². The quantitative estimate of drug-likeness (QED) is 0.631. The van der Waals surface area contributed by atoms with E-state index < -0.39 is 0 Å². The van der Waals surface area contributed by atoms with E-state index in [1.807, 2.05) is 30.3 Å². The molecule has 1 aromatic heterocycles. The summed E-state index contributed by atoms with van der Waals surface area (Å²) in [6, 6.07) is 16.5. The Labute approximate surface area is 166 Å². The predicted octanol–water partition coefficient (Wildman–Crippen LogP) is 3.95. The smallest absolute Gasteiger partial charge is 0.257 e. The molecule has 0 fully saturated rings. The molecule has 5 nitrogen and oxygen atoms in total. The van der Waals surface area contributed by atoms with Gasteiger partial charge in [0.1, 0.15) is 0 Å². The fraction of sp³-hybridized carbons (Fsp3) is 0.150. The molecule has 0 saturated heterocycles. The highest BCUT2D eigenvalue weighted by Crippen LogP contribution is 2.17. The van der Waals surface area contributed by atoms with Crippen LogP contribution < -0.4 is 10.6 Å². The Hall–Kier alpha value is -2.70. The SMILES string of the molecule is O=C(Cc1csc(NC(=O)c2ccccc2)n1)NCCc1cccc(Cl)c1. The normalized spacial score (nSPS) is 10.4. The fourth-order valence-electron chi connectivity index (χ4n) is 2.47. The van der Waals surface area contributed by atoms with E-state index in [0.29, 0.717) is 34.4 Å². The molecule has 7 heteroatoms. The number of halogens is 1. The standard InChI is InChI=1S/C20H18ClN3O2S/c21-16-8-4-5-14(11-16)9-10-22-18(25)12-17-13-27-20(23-17)24-19(26)15-6-2-1-3-7-15/h1-8,11,13H,9-10,12H2,(H,22,25)(H,23,24,26). The Morgan fingerprint density at radius 1 is 1.07 bits per heavy atom. The lowest BCUT2D eigenvalue weighted by atomic mass is 10.1. The van der Waals surface area contributed by atoms with Crippen molar-refractivity contribution in [3.63, 3.8) is 0 Å². The second kappa shape index (κ2) is 9.30. The van der Waals surface area contributed by atoms with Crippen LogP contribution in [0.1, 0.15) is 21.6 Å². The molecule has 0 spiro atoms. The lowest BCUT2D eigenvalue weighted by molar-refractivity contribution is -0.120. The summed E-state index contributed by atoms with van der Waals surface area (Å²) in [5.74, 6) is -0.328. The van der Waals surface area contributed by atoms with E-state index in [4.69, 9.17) is 11.6 Å². The predicted molar refractivity (Wildman–Crippen MR) is 108 cm³/mol. The zero-order valence-electron chi connectivity index (χ0n) is 14.4. The van der Waals surface area contributed by atoms with Crippen LogP contribution in [0.25, 0.3) is 0 Å². The van der Waals surface area contributed by atoms with E-state index in [-0.39, 0.29) is 18.2 Å². The number of hydrogen-bond donors (Lipinski definition) is 2. The zero-order valence-corrected chi connectivity index (χ0v) is 16.0. The van der Waals surface area contributed by atoms with Crippen molar-refractivity contribution < 1.29 is 9.59 Å². The third-order valence-corrected chi connectivity index (χ3v) is 4.82. The summed E-state index contributed by atoms with van der Waals surface area (Å²) in [5, 5.41) is 8.56. The Morgan fingerprint density at radius 2 is 1.89 bits per heavy atom. The van der Waals surface area contributed by atoms with Crippen LogP contribution in [0.5, 0.6) is 0 Å². The molecule has 27 heavy (non-hydrogen) atoms. The summed E-state index contributed by atoms with van der Waals surface area (Å²) < 4.78 is 0. The number of amides is 2. The molecule has 0 bridgehead atoms. The first-order valence-corrected chi connectivity index (χ1v) is 9.68. The zero-order chi connectivity index (χ0) is 19.1. The maximum absolute atomic E-state index is 12.1. The van der Waals surface area contributed by atoms with Crippen molar-refractivity contribution in [1.82, 2.24) is 10.3 Å². The summed E-state index contributed by atoms with van der Waals surface area (Å²) in [6.45, 7) is 0.529. The van der Waals surface area contributed by atoms with Crippen molar-refractivity contribution in [3.8, 4) is 0 Å². The van der Waals surface area contributed by atoms with E-state index in [2.05, 4.69) is 15.6 Å². The van der Waals surface area contributed by atoms with Crippen LogP contribution in [0, 0.1) is 0 Å². The number of hydrogen-bond acceptors (Lipinski definition) is 4. The number of aromatic nitrogens is 1. The van der Waals surface area contributed by atoms with Gasteiger partial charge in [-0.3, -0.25) is 14.9 Å². The minimum absolute atomic E-state index is 0.108.